The Morgan fingerprint density at radius 1 is 1.09 bits per heavy atom. The van der Waals surface area contributed by atoms with Crippen molar-refractivity contribution in [1.29, 1.82) is 0 Å². The molecule has 3 rings (SSSR count). The summed E-state index contributed by atoms with van der Waals surface area (Å²) in [5, 5.41) is 9.41. The smallest absolute Gasteiger partial charge is 0.196 e. The SMILES string of the molecule is C=C(C)CSc1nnc(-c2ccc(F)cc2)n1-c1ccccc1. The van der Waals surface area contributed by atoms with Crippen LogP contribution < -0.4 is 0 Å². The van der Waals surface area contributed by atoms with Crippen LogP contribution in [0.2, 0.25) is 0 Å². The highest BCUT2D eigenvalue weighted by Crippen LogP contribution is 2.28. The molecule has 0 fully saturated rings. The first-order valence-corrected chi connectivity index (χ1v) is 8.17. The minimum atomic E-state index is -0.267. The molecule has 2 aromatic carbocycles. The van der Waals surface area contributed by atoms with Crippen LogP contribution in [0.1, 0.15) is 6.92 Å². The van der Waals surface area contributed by atoms with E-state index in [-0.39, 0.29) is 5.82 Å². The Morgan fingerprint density at radius 2 is 1.78 bits per heavy atom. The van der Waals surface area contributed by atoms with E-state index in [1.807, 2.05) is 41.8 Å². The van der Waals surface area contributed by atoms with E-state index in [4.69, 9.17) is 0 Å². The molecule has 1 heterocycles. The molecule has 0 saturated carbocycles. The van der Waals surface area contributed by atoms with E-state index in [9.17, 15) is 4.39 Å². The molecule has 0 aliphatic heterocycles. The van der Waals surface area contributed by atoms with Crippen molar-refractivity contribution >= 4 is 11.8 Å². The fourth-order valence-electron chi connectivity index (χ4n) is 2.15. The van der Waals surface area contributed by atoms with E-state index in [1.165, 1.54) is 12.1 Å². The van der Waals surface area contributed by atoms with Gasteiger partial charge in [-0.2, -0.15) is 0 Å². The fraction of sp³-hybridized carbons (Fsp3) is 0.111. The van der Waals surface area contributed by atoms with E-state index >= 15 is 0 Å². The summed E-state index contributed by atoms with van der Waals surface area (Å²) in [6.45, 7) is 5.91. The molecule has 0 N–H and O–H groups in total. The van der Waals surface area contributed by atoms with Gasteiger partial charge in [0, 0.05) is 17.0 Å². The predicted octanol–water partition coefficient (Wildman–Crippen LogP) is 4.74. The van der Waals surface area contributed by atoms with Gasteiger partial charge < -0.3 is 0 Å². The Balaban J connectivity index is 2.09. The predicted molar refractivity (Wildman–Crippen MR) is 92.3 cm³/mol. The third-order valence-corrected chi connectivity index (χ3v) is 4.36. The van der Waals surface area contributed by atoms with Crippen molar-refractivity contribution in [2.45, 2.75) is 12.1 Å². The van der Waals surface area contributed by atoms with Crippen molar-refractivity contribution < 1.29 is 4.39 Å². The van der Waals surface area contributed by atoms with Gasteiger partial charge in [0.1, 0.15) is 5.82 Å². The first-order valence-electron chi connectivity index (χ1n) is 7.19. The molecule has 0 aliphatic carbocycles. The number of nitrogens with zero attached hydrogens (tertiary/aromatic N) is 3. The summed E-state index contributed by atoms with van der Waals surface area (Å²) in [7, 11) is 0. The first kappa shape index (κ1) is 15.5. The van der Waals surface area contributed by atoms with Crippen LogP contribution in [0, 0.1) is 5.82 Å². The molecule has 0 radical (unpaired) electrons. The molecule has 0 amide bonds. The largest absolute Gasteiger partial charge is 0.270 e. The molecular weight excluding hydrogens is 309 g/mol. The average Bonchev–Trinajstić information content (AvgIpc) is 2.98. The van der Waals surface area contributed by atoms with E-state index in [0.717, 1.165) is 27.7 Å². The second-order valence-electron chi connectivity index (χ2n) is 5.23. The summed E-state index contributed by atoms with van der Waals surface area (Å²) in [6, 6.07) is 16.2. The summed E-state index contributed by atoms with van der Waals surface area (Å²) in [4.78, 5) is 0. The number of aromatic nitrogens is 3. The van der Waals surface area contributed by atoms with Crippen LogP contribution in [0.3, 0.4) is 0 Å². The summed E-state index contributed by atoms with van der Waals surface area (Å²) in [5.41, 5.74) is 2.87. The number of hydrogen-bond donors (Lipinski definition) is 0. The second kappa shape index (κ2) is 6.79. The molecule has 0 spiro atoms. The second-order valence-corrected chi connectivity index (χ2v) is 6.17. The molecule has 0 atom stereocenters. The molecular formula is C18H16FN3S. The average molecular weight is 325 g/mol. The Labute approximate surface area is 138 Å². The highest BCUT2D eigenvalue weighted by molar-refractivity contribution is 7.99. The van der Waals surface area contributed by atoms with Crippen molar-refractivity contribution in [2.24, 2.45) is 0 Å². The lowest BCUT2D eigenvalue weighted by molar-refractivity contribution is 0.628. The topological polar surface area (TPSA) is 30.7 Å². The van der Waals surface area contributed by atoms with Crippen LogP contribution in [0.5, 0.6) is 0 Å². The number of benzene rings is 2. The standard InChI is InChI=1S/C18H16FN3S/c1-13(2)12-23-18-21-20-17(14-8-10-15(19)11-9-14)22(18)16-6-4-3-5-7-16/h3-11H,1,12H2,2H3. The van der Waals surface area contributed by atoms with Crippen LogP contribution in [0.25, 0.3) is 17.1 Å². The van der Waals surface area contributed by atoms with Crippen LogP contribution in [0.15, 0.2) is 71.9 Å². The molecule has 23 heavy (non-hydrogen) atoms. The highest BCUT2D eigenvalue weighted by atomic mass is 32.2. The van der Waals surface area contributed by atoms with E-state index in [0.29, 0.717) is 5.82 Å². The van der Waals surface area contributed by atoms with Crippen molar-refractivity contribution in [3.8, 4) is 17.1 Å². The van der Waals surface area contributed by atoms with Gasteiger partial charge in [0.15, 0.2) is 11.0 Å². The van der Waals surface area contributed by atoms with Crippen molar-refractivity contribution in [3.63, 3.8) is 0 Å². The number of rotatable bonds is 5. The van der Waals surface area contributed by atoms with Crippen molar-refractivity contribution in [2.75, 3.05) is 5.75 Å². The first-order chi connectivity index (χ1) is 11.1. The van der Waals surface area contributed by atoms with Crippen LogP contribution >= 0.6 is 11.8 Å². The van der Waals surface area contributed by atoms with Gasteiger partial charge in [0.2, 0.25) is 0 Å². The van der Waals surface area contributed by atoms with Gasteiger partial charge in [-0.25, -0.2) is 4.39 Å². The van der Waals surface area contributed by atoms with Crippen molar-refractivity contribution in [1.82, 2.24) is 14.8 Å². The van der Waals surface area contributed by atoms with Crippen LogP contribution in [-0.4, -0.2) is 20.5 Å². The van der Waals surface area contributed by atoms with E-state index in [2.05, 4.69) is 16.8 Å². The highest BCUT2D eigenvalue weighted by Gasteiger charge is 2.16. The molecule has 0 unspecified atom stereocenters. The Morgan fingerprint density at radius 3 is 2.43 bits per heavy atom. The zero-order valence-corrected chi connectivity index (χ0v) is 13.6. The number of thioether (sulfide) groups is 1. The molecule has 0 aliphatic rings. The Hall–Kier alpha value is -2.40. The normalized spacial score (nSPS) is 10.7. The lowest BCUT2D eigenvalue weighted by Crippen LogP contribution is -2.00. The monoisotopic (exact) mass is 325 g/mol. The molecule has 116 valence electrons. The molecule has 1 aromatic heterocycles. The van der Waals surface area contributed by atoms with Crippen LogP contribution in [-0.2, 0) is 0 Å². The van der Waals surface area contributed by atoms with Gasteiger partial charge >= 0.3 is 0 Å². The molecule has 0 saturated heterocycles. The summed E-state index contributed by atoms with van der Waals surface area (Å²) >= 11 is 1.58. The lowest BCUT2D eigenvalue weighted by atomic mass is 10.2. The van der Waals surface area contributed by atoms with Gasteiger partial charge in [-0.1, -0.05) is 42.1 Å². The summed E-state index contributed by atoms with van der Waals surface area (Å²) in [5.74, 6) is 1.20. The number of hydrogen-bond acceptors (Lipinski definition) is 3. The van der Waals surface area contributed by atoms with E-state index < -0.39 is 0 Å². The summed E-state index contributed by atoms with van der Waals surface area (Å²) in [6.07, 6.45) is 0. The van der Waals surface area contributed by atoms with Gasteiger partial charge in [0.05, 0.1) is 0 Å². The number of para-hydroxylation sites is 1. The fourth-order valence-corrected chi connectivity index (χ4v) is 2.94. The number of halogens is 1. The minimum Gasteiger partial charge on any atom is -0.270 e. The third kappa shape index (κ3) is 3.51. The van der Waals surface area contributed by atoms with E-state index in [1.54, 1.807) is 23.9 Å². The quantitative estimate of drug-likeness (QED) is 0.501. The van der Waals surface area contributed by atoms with Gasteiger partial charge in [-0.05, 0) is 43.3 Å². The maximum atomic E-state index is 13.2. The van der Waals surface area contributed by atoms with Crippen molar-refractivity contribution in [3.05, 3.63) is 72.6 Å². The maximum absolute atomic E-state index is 13.2. The zero-order chi connectivity index (χ0) is 16.2. The van der Waals surface area contributed by atoms with Gasteiger partial charge in [-0.15, -0.1) is 10.2 Å². The molecule has 3 aromatic rings. The molecule has 0 bridgehead atoms. The molecule has 3 nitrogen and oxygen atoms in total. The van der Waals surface area contributed by atoms with Gasteiger partial charge in [0.25, 0.3) is 0 Å². The maximum Gasteiger partial charge on any atom is 0.196 e. The lowest BCUT2D eigenvalue weighted by Gasteiger charge is -2.10. The summed E-state index contributed by atoms with van der Waals surface area (Å²) < 4.78 is 15.2. The van der Waals surface area contributed by atoms with Crippen LogP contribution in [0.4, 0.5) is 4.39 Å². The zero-order valence-electron chi connectivity index (χ0n) is 12.7. The third-order valence-electron chi connectivity index (χ3n) is 3.20. The Kier molecular flexibility index (Phi) is 4.57. The van der Waals surface area contributed by atoms with Gasteiger partial charge in [-0.3, -0.25) is 4.57 Å². The molecule has 5 heteroatoms. The Bertz CT molecular complexity index is 810. The minimum absolute atomic E-state index is 0.267.